The Labute approximate surface area is 110 Å². The number of carbonyl (C=O) groups excluding carboxylic acids is 1. The fourth-order valence-electron chi connectivity index (χ4n) is 1.54. The molecular formula is C15H24N2O. The molecule has 0 saturated carbocycles. The largest absolute Gasteiger partial charge is 0.385 e. The third kappa shape index (κ3) is 5.71. The van der Waals surface area contributed by atoms with Crippen LogP contribution in [0, 0.1) is 5.41 Å². The van der Waals surface area contributed by atoms with Crippen LogP contribution in [0.4, 0.5) is 11.4 Å². The minimum Gasteiger partial charge on any atom is -0.385 e. The Hall–Kier alpha value is -1.51. The summed E-state index contributed by atoms with van der Waals surface area (Å²) < 4.78 is 0. The fourth-order valence-corrected chi connectivity index (χ4v) is 1.54. The van der Waals surface area contributed by atoms with Gasteiger partial charge in [-0.05, 0) is 30.0 Å². The molecule has 100 valence electrons. The lowest BCUT2D eigenvalue weighted by atomic mass is 9.92. The minimum atomic E-state index is 0.0434. The number of hydrogen-bond acceptors (Lipinski definition) is 2. The molecule has 0 saturated heterocycles. The summed E-state index contributed by atoms with van der Waals surface area (Å²) in [6.07, 6.45) is 1.61. The van der Waals surface area contributed by atoms with E-state index >= 15 is 0 Å². The van der Waals surface area contributed by atoms with Crippen LogP contribution in [0.25, 0.3) is 0 Å². The van der Waals surface area contributed by atoms with Gasteiger partial charge >= 0.3 is 0 Å². The highest BCUT2D eigenvalue weighted by atomic mass is 16.1. The molecule has 0 aliphatic rings. The van der Waals surface area contributed by atoms with Crippen LogP contribution in [0.2, 0.25) is 0 Å². The second-order valence-electron chi connectivity index (χ2n) is 5.72. The molecule has 0 atom stereocenters. The predicted octanol–water partition coefficient (Wildman–Crippen LogP) is 3.88. The first-order valence-corrected chi connectivity index (χ1v) is 6.54. The second kappa shape index (κ2) is 6.43. The number of benzene rings is 1. The van der Waals surface area contributed by atoms with Crippen molar-refractivity contribution < 1.29 is 4.79 Å². The summed E-state index contributed by atoms with van der Waals surface area (Å²) in [7, 11) is 0. The van der Waals surface area contributed by atoms with Gasteiger partial charge in [-0.1, -0.05) is 33.8 Å². The average Bonchev–Trinajstić information content (AvgIpc) is 2.27. The summed E-state index contributed by atoms with van der Waals surface area (Å²) in [4.78, 5) is 11.3. The van der Waals surface area contributed by atoms with E-state index < -0.39 is 0 Å². The van der Waals surface area contributed by atoms with E-state index in [1.165, 1.54) is 0 Å². The third-order valence-electron chi connectivity index (χ3n) is 2.67. The van der Waals surface area contributed by atoms with Gasteiger partial charge in [0.2, 0.25) is 5.91 Å². The topological polar surface area (TPSA) is 41.1 Å². The number of rotatable bonds is 5. The van der Waals surface area contributed by atoms with E-state index in [2.05, 4.69) is 31.4 Å². The highest BCUT2D eigenvalue weighted by Crippen LogP contribution is 2.20. The van der Waals surface area contributed by atoms with Crippen molar-refractivity contribution in [1.29, 1.82) is 0 Å². The van der Waals surface area contributed by atoms with Crippen molar-refractivity contribution in [2.45, 2.75) is 40.5 Å². The van der Waals surface area contributed by atoms with Crippen LogP contribution >= 0.6 is 0 Å². The van der Waals surface area contributed by atoms with Gasteiger partial charge in [0.05, 0.1) is 0 Å². The number of nitrogens with one attached hydrogen (secondary N) is 2. The van der Waals surface area contributed by atoms with Crippen LogP contribution in [-0.4, -0.2) is 12.5 Å². The molecule has 0 radical (unpaired) electrons. The Morgan fingerprint density at radius 2 is 1.89 bits per heavy atom. The molecule has 0 fully saturated rings. The molecule has 0 heterocycles. The van der Waals surface area contributed by atoms with E-state index in [1.54, 1.807) is 0 Å². The second-order valence-corrected chi connectivity index (χ2v) is 5.72. The molecule has 1 aromatic rings. The van der Waals surface area contributed by atoms with Crippen LogP contribution in [0.1, 0.15) is 40.5 Å². The van der Waals surface area contributed by atoms with Crippen LogP contribution in [-0.2, 0) is 4.79 Å². The Balaban J connectivity index is 2.52. The van der Waals surface area contributed by atoms with E-state index in [9.17, 15) is 4.79 Å². The zero-order valence-corrected chi connectivity index (χ0v) is 11.8. The van der Waals surface area contributed by atoms with Crippen molar-refractivity contribution in [3.63, 3.8) is 0 Å². The Kier molecular flexibility index (Phi) is 5.20. The predicted molar refractivity (Wildman–Crippen MR) is 77.9 cm³/mol. The van der Waals surface area contributed by atoms with E-state index in [4.69, 9.17) is 0 Å². The van der Waals surface area contributed by atoms with Crippen LogP contribution in [0.5, 0.6) is 0 Å². The van der Waals surface area contributed by atoms with Gasteiger partial charge in [0.1, 0.15) is 0 Å². The van der Waals surface area contributed by atoms with Crippen molar-refractivity contribution in [3.05, 3.63) is 24.3 Å². The number of amides is 1. The van der Waals surface area contributed by atoms with Gasteiger partial charge in [0, 0.05) is 24.3 Å². The molecule has 0 unspecified atom stereocenters. The quantitative estimate of drug-likeness (QED) is 0.830. The molecule has 0 aromatic heterocycles. The van der Waals surface area contributed by atoms with Crippen LogP contribution in [0.15, 0.2) is 24.3 Å². The van der Waals surface area contributed by atoms with Gasteiger partial charge in [0.15, 0.2) is 0 Å². The summed E-state index contributed by atoms with van der Waals surface area (Å²) >= 11 is 0. The normalized spacial score (nSPS) is 11.1. The molecule has 3 nitrogen and oxygen atoms in total. The standard InChI is InChI=1S/C15H24N2O/c1-5-14(18)17-13-8-6-7-12(11-13)16-10-9-15(2,3)4/h6-8,11,16H,5,9-10H2,1-4H3,(H,17,18). The molecule has 2 N–H and O–H groups in total. The maximum atomic E-state index is 11.3. The van der Waals surface area contributed by atoms with Crippen LogP contribution < -0.4 is 10.6 Å². The number of anilines is 2. The van der Waals surface area contributed by atoms with E-state index in [0.29, 0.717) is 11.8 Å². The van der Waals surface area contributed by atoms with Crippen molar-refractivity contribution in [2.75, 3.05) is 17.2 Å². The molecule has 0 aliphatic carbocycles. The van der Waals surface area contributed by atoms with Gasteiger partial charge < -0.3 is 10.6 Å². The maximum absolute atomic E-state index is 11.3. The molecule has 18 heavy (non-hydrogen) atoms. The zero-order valence-electron chi connectivity index (χ0n) is 11.8. The van der Waals surface area contributed by atoms with E-state index in [-0.39, 0.29) is 5.91 Å². The number of hydrogen-bond donors (Lipinski definition) is 2. The Morgan fingerprint density at radius 3 is 2.50 bits per heavy atom. The summed E-state index contributed by atoms with van der Waals surface area (Å²) in [6.45, 7) is 9.47. The monoisotopic (exact) mass is 248 g/mol. The van der Waals surface area contributed by atoms with Crippen molar-refractivity contribution in [2.24, 2.45) is 5.41 Å². The molecular weight excluding hydrogens is 224 g/mol. The van der Waals surface area contributed by atoms with Gasteiger partial charge in [-0.2, -0.15) is 0 Å². The Bertz CT molecular complexity index is 394. The van der Waals surface area contributed by atoms with Crippen molar-refractivity contribution >= 4 is 17.3 Å². The highest BCUT2D eigenvalue weighted by molar-refractivity contribution is 5.90. The Morgan fingerprint density at radius 1 is 1.22 bits per heavy atom. The SMILES string of the molecule is CCC(=O)Nc1cccc(NCCC(C)(C)C)c1. The molecule has 3 heteroatoms. The lowest BCUT2D eigenvalue weighted by Gasteiger charge is -2.18. The van der Waals surface area contributed by atoms with Gasteiger partial charge in [-0.25, -0.2) is 0 Å². The first-order valence-electron chi connectivity index (χ1n) is 6.54. The minimum absolute atomic E-state index is 0.0434. The van der Waals surface area contributed by atoms with Gasteiger partial charge in [0.25, 0.3) is 0 Å². The molecule has 1 aromatic carbocycles. The molecule has 1 amide bonds. The summed E-state index contributed by atoms with van der Waals surface area (Å²) in [5, 5.41) is 6.24. The third-order valence-corrected chi connectivity index (χ3v) is 2.67. The summed E-state index contributed by atoms with van der Waals surface area (Å²) in [5.41, 5.74) is 2.23. The smallest absolute Gasteiger partial charge is 0.224 e. The van der Waals surface area contributed by atoms with Gasteiger partial charge in [-0.3, -0.25) is 4.79 Å². The van der Waals surface area contributed by atoms with Gasteiger partial charge in [-0.15, -0.1) is 0 Å². The lowest BCUT2D eigenvalue weighted by molar-refractivity contribution is -0.115. The first kappa shape index (κ1) is 14.6. The fraction of sp³-hybridized carbons (Fsp3) is 0.533. The van der Waals surface area contributed by atoms with E-state index in [0.717, 1.165) is 24.3 Å². The molecule has 1 rings (SSSR count). The zero-order chi connectivity index (χ0) is 13.6. The summed E-state index contributed by atoms with van der Waals surface area (Å²) in [5.74, 6) is 0.0434. The van der Waals surface area contributed by atoms with Crippen LogP contribution in [0.3, 0.4) is 0 Å². The summed E-state index contributed by atoms with van der Waals surface area (Å²) in [6, 6.07) is 7.84. The van der Waals surface area contributed by atoms with E-state index in [1.807, 2.05) is 31.2 Å². The van der Waals surface area contributed by atoms with Crippen molar-refractivity contribution in [3.8, 4) is 0 Å². The first-order chi connectivity index (χ1) is 8.40. The van der Waals surface area contributed by atoms with Crippen molar-refractivity contribution in [1.82, 2.24) is 0 Å². The molecule has 0 bridgehead atoms. The number of carbonyl (C=O) groups is 1. The molecule has 0 spiro atoms. The maximum Gasteiger partial charge on any atom is 0.224 e. The average molecular weight is 248 g/mol. The molecule has 0 aliphatic heterocycles. The lowest BCUT2D eigenvalue weighted by Crippen LogP contribution is -2.13. The highest BCUT2D eigenvalue weighted by Gasteiger charge is 2.09.